The van der Waals surface area contributed by atoms with Crippen LogP contribution >= 0.6 is 0 Å². The molecule has 22 heavy (non-hydrogen) atoms. The first kappa shape index (κ1) is 17.2. The first-order chi connectivity index (χ1) is 10.5. The van der Waals surface area contributed by atoms with Gasteiger partial charge in [-0.05, 0) is 32.6 Å². The molecule has 0 spiro atoms. The van der Waals surface area contributed by atoms with E-state index in [2.05, 4.69) is 0 Å². The van der Waals surface area contributed by atoms with E-state index >= 15 is 0 Å². The number of hydrogen-bond donors (Lipinski definition) is 1. The zero-order valence-corrected chi connectivity index (χ0v) is 13.5. The predicted molar refractivity (Wildman–Crippen MR) is 80.5 cm³/mol. The molecule has 0 radical (unpaired) electrons. The number of carbonyl (C=O) groups is 2. The van der Waals surface area contributed by atoms with Gasteiger partial charge in [-0.1, -0.05) is 6.92 Å². The highest BCUT2D eigenvalue weighted by atomic mass is 16.5. The molecule has 6 nitrogen and oxygen atoms in total. The Hall–Kier alpha value is -1.14. The Labute approximate surface area is 131 Å². The zero-order chi connectivity index (χ0) is 16.1. The molecule has 2 aliphatic rings. The molecule has 0 aromatic heterocycles. The van der Waals surface area contributed by atoms with E-state index in [-0.39, 0.29) is 30.6 Å². The molecule has 0 aromatic rings. The highest BCUT2D eigenvalue weighted by molar-refractivity contribution is 5.81. The molecule has 1 amide bonds. The summed E-state index contributed by atoms with van der Waals surface area (Å²) in [6.07, 6.45) is 3.76. The summed E-state index contributed by atoms with van der Waals surface area (Å²) in [5.74, 6) is -1.47. The SMILES string of the molecule is CCOCCCN(CC(C)C(=O)O)C(=O)C1CC2CCC1O2. The highest BCUT2D eigenvalue weighted by Crippen LogP contribution is 2.39. The lowest BCUT2D eigenvalue weighted by atomic mass is 9.88. The average molecular weight is 313 g/mol. The fourth-order valence-corrected chi connectivity index (χ4v) is 3.33. The summed E-state index contributed by atoms with van der Waals surface area (Å²) in [5.41, 5.74) is 0. The number of carboxylic acids is 1. The van der Waals surface area contributed by atoms with E-state index in [9.17, 15) is 9.59 Å². The van der Waals surface area contributed by atoms with Crippen LogP contribution in [0.15, 0.2) is 0 Å². The number of aliphatic carboxylic acids is 1. The number of ether oxygens (including phenoxy) is 2. The summed E-state index contributed by atoms with van der Waals surface area (Å²) in [6.45, 7) is 5.62. The minimum Gasteiger partial charge on any atom is -0.481 e. The van der Waals surface area contributed by atoms with Gasteiger partial charge in [0.25, 0.3) is 0 Å². The van der Waals surface area contributed by atoms with E-state index in [1.165, 1.54) is 0 Å². The molecule has 2 bridgehead atoms. The molecule has 2 saturated heterocycles. The summed E-state index contributed by atoms with van der Waals surface area (Å²) < 4.78 is 11.1. The van der Waals surface area contributed by atoms with Gasteiger partial charge in [0.15, 0.2) is 0 Å². The van der Waals surface area contributed by atoms with Crippen molar-refractivity contribution in [2.24, 2.45) is 11.8 Å². The van der Waals surface area contributed by atoms with Gasteiger partial charge >= 0.3 is 5.97 Å². The van der Waals surface area contributed by atoms with Crippen LogP contribution < -0.4 is 0 Å². The van der Waals surface area contributed by atoms with Crippen molar-refractivity contribution in [3.8, 4) is 0 Å². The van der Waals surface area contributed by atoms with Crippen molar-refractivity contribution < 1.29 is 24.2 Å². The Morgan fingerprint density at radius 1 is 1.41 bits per heavy atom. The number of rotatable bonds is 9. The van der Waals surface area contributed by atoms with Crippen LogP contribution in [-0.4, -0.2) is 60.4 Å². The number of fused-ring (bicyclic) bond motifs is 2. The molecule has 6 heteroatoms. The van der Waals surface area contributed by atoms with E-state index in [0.29, 0.717) is 19.8 Å². The van der Waals surface area contributed by atoms with Crippen LogP contribution in [0.1, 0.15) is 39.5 Å². The van der Waals surface area contributed by atoms with Crippen LogP contribution in [0.25, 0.3) is 0 Å². The lowest BCUT2D eigenvalue weighted by Crippen LogP contribution is -2.43. The number of carbonyl (C=O) groups excluding carboxylic acids is 1. The van der Waals surface area contributed by atoms with Crippen LogP contribution in [0.5, 0.6) is 0 Å². The maximum Gasteiger partial charge on any atom is 0.308 e. The van der Waals surface area contributed by atoms with Gasteiger partial charge in [0.05, 0.1) is 24.0 Å². The summed E-state index contributed by atoms with van der Waals surface area (Å²) in [4.78, 5) is 25.6. The van der Waals surface area contributed by atoms with Gasteiger partial charge in [-0.2, -0.15) is 0 Å². The van der Waals surface area contributed by atoms with E-state index < -0.39 is 11.9 Å². The predicted octanol–water partition coefficient (Wildman–Crippen LogP) is 1.53. The maximum absolute atomic E-state index is 12.8. The Morgan fingerprint density at radius 2 is 2.18 bits per heavy atom. The average Bonchev–Trinajstić information content (AvgIpc) is 3.12. The van der Waals surface area contributed by atoms with Crippen LogP contribution in [-0.2, 0) is 19.1 Å². The standard InChI is InChI=1S/C16H27NO5/c1-3-21-8-4-7-17(10-11(2)16(19)20)15(18)13-9-12-5-6-14(13)22-12/h11-14H,3-10H2,1-2H3,(H,19,20). The van der Waals surface area contributed by atoms with Gasteiger partial charge in [-0.3, -0.25) is 9.59 Å². The summed E-state index contributed by atoms with van der Waals surface area (Å²) in [5, 5.41) is 9.11. The molecule has 0 aliphatic carbocycles. The minimum atomic E-state index is -0.869. The molecule has 2 aliphatic heterocycles. The molecule has 4 unspecified atom stereocenters. The number of nitrogens with zero attached hydrogens (tertiary/aromatic N) is 1. The topological polar surface area (TPSA) is 76.1 Å². The largest absolute Gasteiger partial charge is 0.481 e. The number of amides is 1. The molecule has 126 valence electrons. The molecule has 2 rings (SSSR count). The molecule has 0 saturated carbocycles. The number of hydrogen-bond acceptors (Lipinski definition) is 4. The molecule has 4 atom stereocenters. The van der Waals surface area contributed by atoms with E-state index in [1.807, 2.05) is 6.92 Å². The lowest BCUT2D eigenvalue weighted by molar-refractivity contribution is -0.144. The van der Waals surface area contributed by atoms with Gasteiger partial charge < -0.3 is 19.5 Å². The third-order valence-electron chi connectivity index (χ3n) is 4.57. The fraction of sp³-hybridized carbons (Fsp3) is 0.875. The second-order valence-electron chi connectivity index (χ2n) is 6.29. The van der Waals surface area contributed by atoms with E-state index in [1.54, 1.807) is 11.8 Å². The van der Waals surface area contributed by atoms with E-state index in [0.717, 1.165) is 25.7 Å². The summed E-state index contributed by atoms with van der Waals surface area (Å²) in [6, 6.07) is 0. The van der Waals surface area contributed by atoms with Crippen molar-refractivity contribution >= 4 is 11.9 Å². The maximum atomic E-state index is 12.8. The van der Waals surface area contributed by atoms with Crippen molar-refractivity contribution in [1.29, 1.82) is 0 Å². The van der Waals surface area contributed by atoms with Crippen molar-refractivity contribution in [1.82, 2.24) is 4.90 Å². The van der Waals surface area contributed by atoms with Crippen LogP contribution in [0.4, 0.5) is 0 Å². The molecule has 2 heterocycles. The first-order valence-corrected chi connectivity index (χ1v) is 8.27. The second-order valence-corrected chi connectivity index (χ2v) is 6.29. The van der Waals surface area contributed by atoms with Gasteiger partial charge in [-0.25, -0.2) is 0 Å². The van der Waals surface area contributed by atoms with Gasteiger partial charge in [0.1, 0.15) is 0 Å². The smallest absolute Gasteiger partial charge is 0.308 e. The Balaban J connectivity index is 1.92. The first-order valence-electron chi connectivity index (χ1n) is 8.27. The zero-order valence-electron chi connectivity index (χ0n) is 13.5. The van der Waals surface area contributed by atoms with Gasteiger partial charge in [0, 0.05) is 26.3 Å². The number of carboxylic acid groups (broad SMARTS) is 1. The normalized spacial score (nSPS) is 27.8. The molecule has 0 aromatic carbocycles. The molecule has 2 fully saturated rings. The van der Waals surface area contributed by atoms with Crippen molar-refractivity contribution in [3.05, 3.63) is 0 Å². The van der Waals surface area contributed by atoms with Crippen molar-refractivity contribution in [2.45, 2.75) is 51.7 Å². The Morgan fingerprint density at radius 3 is 2.73 bits per heavy atom. The van der Waals surface area contributed by atoms with Crippen molar-refractivity contribution in [2.75, 3.05) is 26.3 Å². The fourth-order valence-electron chi connectivity index (χ4n) is 3.33. The van der Waals surface area contributed by atoms with Gasteiger partial charge in [-0.15, -0.1) is 0 Å². The van der Waals surface area contributed by atoms with Crippen LogP contribution in [0.2, 0.25) is 0 Å². The third kappa shape index (κ3) is 4.20. The molecular weight excluding hydrogens is 286 g/mol. The molecule has 1 N–H and O–H groups in total. The third-order valence-corrected chi connectivity index (χ3v) is 4.57. The summed E-state index contributed by atoms with van der Waals surface area (Å²) >= 11 is 0. The van der Waals surface area contributed by atoms with E-state index in [4.69, 9.17) is 14.6 Å². The summed E-state index contributed by atoms with van der Waals surface area (Å²) in [7, 11) is 0. The lowest BCUT2D eigenvalue weighted by Gasteiger charge is -2.29. The Bertz CT molecular complexity index is 400. The second kappa shape index (κ2) is 7.92. The molecular formula is C16H27NO5. The highest BCUT2D eigenvalue weighted by Gasteiger charge is 2.45. The quantitative estimate of drug-likeness (QED) is 0.653. The van der Waals surface area contributed by atoms with Crippen LogP contribution in [0, 0.1) is 11.8 Å². The monoisotopic (exact) mass is 313 g/mol. The van der Waals surface area contributed by atoms with Crippen LogP contribution in [0.3, 0.4) is 0 Å². The minimum absolute atomic E-state index is 0.0343. The van der Waals surface area contributed by atoms with Crippen molar-refractivity contribution in [3.63, 3.8) is 0 Å². The Kier molecular flexibility index (Phi) is 6.20. The van der Waals surface area contributed by atoms with Gasteiger partial charge in [0.2, 0.25) is 5.91 Å².